The van der Waals surface area contributed by atoms with Crippen molar-refractivity contribution in [2.75, 3.05) is 0 Å². The summed E-state index contributed by atoms with van der Waals surface area (Å²) in [5, 5.41) is 10.8. The minimum Gasteiger partial charge on any atom is -0.481 e. The Hall–Kier alpha value is -2.64. The van der Waals surface area contributed by atoms with Crippen LogP contribution in [0.1, 0.15) is 12.5 Å². The van der Waals surface area contributed by atoms with Crippen LogP contribution in [0.2, 0.25) is 0 Å². The van der Waals surface area contributed by atoms with E-state index in [-0.39, 0.29) is 35.5 Å². The third-order valence-electron chi connectivity index (χ3n) is 3.87. The number of carboxylic acid groups (broad SMARTS) is 1. The van der Waals surface area contributed by atoms with Gasteiger partial charge in [-0.1, -0.05) is 48.5 Å². The molecule has 0 spiro atoms. The molecule has 1 amide bonds. The van der Waals surface area contributed by atoms with Gasteiger partial charge in [0, 0.05) is 6.92 Å². The molecule has 1 fully saturated rings. The van der Waals surface area contributed by atoms with Crippen LogP contribution >= 0.6 is 11.8 Å². The van der Waals surface area contributed by atoms with Crippen molar-refractivity contribution in [3.63, 3.8) is 0 Å². The maximum absolute atomic E-state index is 12.2. The van der Waals surface area contributed by atoms with Crippen LogP contribution in [0.5, 0.6) is 0 Å². The molecule has 1 aliphatic rings. The smallest absolute Gasteiger partial charge is 0.481 e. The zero-order valence-corrected chi connectivity index (χ0v) is 20.0. The third kappa shape index (κ3) is 7.84. The summed E-state index contributed by atoms with van der Waals surface area (Å²) < 4.78 is 0. The van der Waals surface area contributed by atoms with Gasteiger partial charge in [0.2, 0.25) is 0 Å². The van der Waals surface area contributed by atoms with E-state index in [4.69, 9.17) is 9.90 Å². The van der Waals surface area contributed by atoms with Gasteiger partial charge in [-0.05, 0) is 46.3 Å². The van der Waals surface area contributed by atoms with Gasteiger partial charge in [-0.2, -0.15) is 18.2 Å². The summed E-state index contributed by atoms with van der Waals surface area (Å²) in [6.07, 6.45) is 1.90. The van der Waals surface area contributed by atoms with Crippen molar-refractivity contribution in [3.8, 4) is 11.1 Å². The number of carboxylic acids is 1. The first kappa shape index (κ1) is 24.6. The number of amidine groups is 1. The molecular weight excluding hydrogens is 419 g/mol. The number of benzene rings is 3. The van der Waals surface area contributed by atoms with Gasteiger partial charge in [0.15, 0.2) is 5.17 Å². The second-order valence-electron chi connectivity index (χ2n) is 6.25. The van der Waals surface area contributed by atoms with Crippen LogP contribution in [0, 0.1) is 6.07 Å². The largest absolute Gasteiger partial charge is 1.00 e. The fourth-order valence-electron chi connectivity index (χ4n) is 2.64. The van der Waals surface area contributed by atoms with Gasteiger partial charge in [-0.25, -0.2) is 0 Å². The molecule has 0 atom stereocenters. The molecule has 4 rings (SSSR count). The van der Waals surface area contributed by atoms with Gasteiger partial charge in [0.25, 0.3) is 11.9 Å². The fraction of sp³-hybridized carbons (Fsp3) is 0.0417. The number of hydrogen-bond donors (Lipinski definition) is 2. The summed E-state index contributed by atoms with van der Waals surface area (Å²) in [4.78, 5) is 26.3. The molecule has 31 heavy (non-hydrogen) atoms. The molecule has 0 aliphatic carbocycles. The summed E-state index contributed by atoms with van der Waals surface area (Å²) in [6.45, 7) is 1.08. The van der Waals surface area contributed by atoms with Crippen LogP contribution in [-0.4, -0.2) is 22.2 Å². The predicted molar refractivity (Wildman–Crippen MR) is 121 cm³/mol. The molecule has 0 radical (unpaired) electrons. The Labute approximate surface area is 207 Å². The monoisotopic (exact) mass is 438 g/mol. The zero-order chi connectivity index (χ0) is 21.3. The molecule has 0 aromatic heterocycles. The minimum absolute atomic E-state index is 0. The van der Waals surface area contributed by atoms with Crippen LogP contribution < -0.4 is 34.9 Å². The van der Waals surface area contributed by atoms with E-state index in [2.05, 4.69) is 40.6 Å². The molecule has 5 nitrogen and oxygen atoms in total. The van der Waals surface area contributed by atoms with Crippen LogP contribution in [0.25, 0.3) is 17.2 Å². The Morgan fingerprint density at radius 3 is 2.35 bits per heavy atom. The van der Waals surface area contributed by atoms with E-state index in [9.17, 15) is 4.79 Å². The van der Waals surface area contributed by atoms with Crippen LogP contribution in [0.3, 0.4) is 0 Å². The standard InChI is InChI=1S/C22H15N2OS.C2H4O2.Na/c25-21-20(26-22(24-21)23-19-12-5-2-6-13-19)15-16-8-7-11-18(14-16)17-9-3-1-4-10-17;1-2(3)4;/h1,3-15H,(H,23,24,25);1H3,(H,3,4);/q-1;;+1. The average molecular weight is 438 g/mol. The normalized spacial score (nSPS) is 14.9. The van der Waals surface area contributed by atoms with E-state index in [1.54, 1.807) is 12.1 Å². The molecular formula is C24H19N2NaO3S. The first-order chi connectivity index (χ1) is 14.5. The summed E-state index contributed by atoms with van der Waals surface area (Å²) in [7, 11) is 0. The number of hydrogen-bond acceptors (Lipinski definition) is 4. The van der Waals surface area contributed by atoms with Gasteiger partial charge >= 0.3 is 29.6 Å². The molecule has 3 aromatic carbocycles. The maximum Gasteiger partial charge on any atom is 1.00 e. The van der Waals surface area contributed by atoms with Crippen molar-refractivity contribution < 1.29 is 44.3 Å². The van der Waals surface area contributed by atoms with Crippen LogP contribution in [0.15, 0.2) is 88.8 Å². The number of carbonyl (C=O) groups is 2. The average Bonchev–Trinajstić information content (AvgIpc) is 3.08. The molecule has 1 aliphatic heterocycles. The van der Waals surface area contributed by atoms with Gasteiger partial charge in [0.1, 0.15) is 0 Å². The summed E-state index contributed by atoms with van der Waals surface area (Å²) >= 11 is 1.35. The van der Waals surface area contributed by atoms with E-state index in [1.165, 1.54) is 11.8 Å². The number of nitrogens with zero attached hydrogens (tertiary/aromatic N) is 1. The fourth-order valence-corrected chi connectivity index (χ4v) is 3.48. The molecule has 150 valence electrons. The Kier molecular flexibility index (Phi) is 9.75. The number of amides is 1. The Morgan fingerprint density at radius 2 is 1.68 bits per heavy atom. The third-order valence-corrected chi connectivity index (χ3v) is 4.78. The van der Waals surface area contributed by atoms with E-state index >= 15 is 0 Å². The summed E-state index contributed by atoms with van der Waals surface area (Å²) in [6, 6.07) is 28.6. The number of rotatable bonds is 3. The number of aliphatic carboxylic acids is 1. The van der Waals surface area contributed by atoms with Crippen LogP contribution in [0.4, 0.5) is 5.69 Å². The second kappa shape index (κ2) is 12.3. The van der Waals surface area contributed by atoms with Gasteiger partial charge in [-0.15, -0.1) is 12.1 Å². The quantitative estimate of drug-likeness (QED) is 0.373. The Balaban J connectivity index is 0.000000631. The summed E-state index contributed by atoms with van der Waals surface area (Å²) in [5.74, 6) is -0.957. The van der Waals surface area contributed by atoms with Crippen molar-refractivity contribution in [3.05, 3.63) is 95.4 Å². The minimum atomic E-state index is -0.833. The van der Waals surface area contributed by atoms with Crippen molar-refractivity contribution in [1.82, 2.24) is 5.32 Å². The predicted octanol–water partition coefficient (Wildman–Crippen LogP) is 2.14. The first-order valence-electron chi connectivity index (χ1n) is 9.12. The van der Waals surface area contributed by atoms with Crippen molar-refractivity contribution in [2.45, 2.75) is 6.92 Å². The SMILES string of the molecule is CC(=O)O.O=C1NC(=Nc2cc[c-]cc2)SC1=Cc1cccc(-c2ccccc2)c1.[Na+]. The van der Waals surface area contributed by atoms with E-state index in [0.717, 1.165) is 29.3 Å². The first-order valence-corrected chi connectivity index (χ1v) is 9.93. The molecule has 3 aromatic rings. The van der Waals surface area contributed by atoms with Crippen molar-refractivity contribution in [2.24, 2.45) is 4.99 Å². The van der Waals surface area contributed by atoms with Gasteiger partial charge in [0.05, 0.1) is 4.91 Å². The molecule has 2 N–H and O–H groups in total. The Bertz CT molecular complexity index is 1100. The molecule has 0 bridgehead atoms. The molecule has 0 unspecified atom stereocenters. The van der Waals surface area contributed by atoms with E-state index in [1.807, 2.05) is 48.5 Å². The number of thioether (sulfide) groups is 1. The van der Waals surface area contributed by atoms with Crippen molar-refractivity contribution >= 4 is 40.6 Å². The van der Waals surface area contributed by atoms with E-state index < -0.39 is 5.97 Å². The zero-order valence-electron chi connectivity index (χ0n) is 17.2. The molecule has 1 heterocycles. The summed E-state index contributed by atoms with van der Waals surface area (Å²) in [5.41, 5.74) is 4.05. The number of nitrogens with one attached hydrogen (secondary N) is 1. The second-order valence-corrected chi connectivity index (χ2v) is 7.28. The van der Waals surface area contributed by atoms with E-state index in [0.29, 0.717) is 10.1 Å². The Morgan fingerprint density at radius 1 is 1.03 bits per heavy atom. The molecule has 7 heteroatoms. The van der Waals surface area contributed by atoms with Gasteiger partial charge in [-0.3, -0.25) is 14.6 Å². The van der Waals surface area contributed by atoms with Crippen molar-refractivity contribution in [1.29, 1.82) is 0 Å². The maximum atomic E-state index is 12.2. The topological polar surface area (TPSA) is 78.8 Å². The number of carbonyl (C=O) groups excluding carboxylic acids is 1. The van der Waals surface area contributed by atoms with Gasteiger partial charge < -0.3 is 10.4 Å². The van der Waals surface area contributed by atoms with Crippen LogP contribution in [-0.2, 0) is 9.59 Å². The molecule has 0 saturated carbocycles. The molecule has 1 saturated heterocycles. The number of aliphatic imine (C=N–C) groups is 1.